The number of benzene rings is 1. The minimum absolute atomic E-state index is 0.0726. The minimum atomic E-state index is -0.521. The van der Waals surface area contributed by atoms with Gasteiger partial charge in [-0.3, -0.25) is 19.7 Å². The van der Waals surface area contributed by atoms with Gasteiger partial charge in [-0.15, -0.1) is 0 Å². The highest BCUT2D eigenvalue weighted by atomic mass is 16.6. The molecule has 2 atom stereocenters. The number of aliphatic imine (C=N–C) groups is 3. The summed E-state index contributed by atoms with van der Waals surface area (Å²) in [5.41, 5.74) is 15.1. The molecule has 332 valence electrons. The fraction of sp³-hybridized carbons (Fsp3) is 0.327. The fourth-order valence-electron chi connectivity index (χ4n) is 10.3. The Balaban J connectivity index is 0.989. The summed E-state index contributed by atoms with van der Waals surface area (Å²) in [4.78, 5) is 54.7. The Morgan fingerprint density at radius 1 is 1.00 bits per heavy atom. The Labute approximate surface area is 378 Å². The van der Waals surface area contributed by atoms with Gasteiger partial charge in [-0.25, -0.2) is 15.0 Å². The van der Waals surface area contributed by atoms with Crippen molar-refractivity contribution < 1.29 is 29.5 Å². The molecule has 2 aliphatic carbocycles. The molecule has 0 amide bonds. The first kappa shape index (κ1) is 43.3. The lowest BCUT2D eigenvalue weighted by Gasteiger charge is -2.27. The molecule has 3 N–H and O–H groups in total. The van der Waals surface area contributed by atoms with Crippen molar-refractivity contribution >= 4 is 34.6 Å². The van der Waals surface area contributed by atoms with Crippen LogP contribution in [-0.2, 0) is 19.7 Å². The number of hydrogen-bond acceptors (Lipinski definition) is 12. The van der Waals surface area contributed by atoms with Crippen molar-refractivity contribution in [2.75, 3.05) is 24.7 Å². The van der Waals surface area contributed by atoms with Gasteiger partial charge in [0.25, 0.3) is 5.70 Å². The molecule has 0 aromatic heterocycles. The molecule has 1 aromatic rings. The number of aliphatic hydroxyl groups excluding tert-OH is 2. The van der Waals surface area contributed by atoms with Crippen LogP contribution in [0.1, 0.15) is 79.7 Å². The average molecular weight is 873 g/mol. The van der Waals surface area contributed by atoms with E-state index in [2.05, 4.69) is 50.9 Å². The van der Waals surface area contributed by atoms with Crippen LogP contribution in [0.25, 0.3) is 0 Å². The lowest BCUT2D eigenvalue weighted by atomic mass is 9.83. The van der Waals surface area contributed by atoms with E-state index in [4.69, 9.17) is 19.7 Å². The number of para-hydroxylation sites is 1. The van der Waals surface area contributed by atoms with Gasteiger partial charge in [-0.1, -0.05) is 45.9 Å². The van der Waals surface area contributed by atoms with Crippen LogP contribution < -0.4 is 10.2 Å². The molecule has 0 saturated carbocycles. The van der Waals surface area contributed by atoms with Crippen LogP contribution in [-0.4, -0.2) is 63.8 Å². The van der Waals surface area contributed by atoms with Crippen LogP contribution in [0.5, 0.6) is 0 Å². The number of nitro groups is 1. The fourth-order valence-corrected chi connectivity index (χ4v) is 10.3. The second-order valence-electron chi connectivity index (χ2n) is 18.0. The van der Waals surface area contributed by atoms with Gasteiger partial charge in [0.2, 0.25) is 0 Å². The summed E-state index contributed by atoms with van der Waals surface area (Å²) < 4.78 is 5.96. The number of rotatable bonds is 10. The lowest BCUT2D eigenvalue weighted by molar-refractivity contribution is -0.419. The molecular weight excluding hydrogens is 821 g/mol. The predicted octanol–water partition coefficient (Wildman–Crippen LogP) is 8.88. The standard InChI is InChI=1S/C52H52N6O7/c1-8-33-27(2)39-24-43-36(26-59)29(4)38(54-43)23-40-28(3)34(50(55-40)35-22-46(61)49-30(5)41(56-51(35)49)25-42(33)53-39)15-18-48(62)65-20-19-57-44-12-10-9-11-37(44)52(6,7)47(57)17-13-31-21-32(58(63)64)14-16-45(31)60/h9-14,16-17,21,23-25,28,34,55,59,61H,8,15,18-20,22,26H2,1-7H3/b31-13-,40-23?,42-25?,43-24?,47-17-,50-35?/t28-,34-/m0/s1. The van der Waals surface area contributed by atoms with E-state index < -0.39 is 10.3 Å². The zero-order chi connectivity index (χ0) is 46.1. The van der Waals surface area contributed by atoms with Gasteiger partial charge in [0.15, 0.2) is 5.78 Å². The number of carbonyl (C=O) groups is 2. The third-order valence-corrected chi connectivity index (χ3v) is 14.0. The van der Waals surface area contributed by atoms with Crippen LogP contribution >= 0.6 is 0 Å². The van der Waals surface area contributed by atoms with Crippen molar-refractivity contribution in [3.63, 3.8) is 0 Å². The van der Waals surface area contributed by atoms with Crippen LogP contribution in [0.15, 0.2) is 178 Å². The second kappa shape index (κ2) is 16.5. The van der Waals surface area contributed by atoms with Crippen molar-refractivity contribution in [2.24, 2.45) is 26.8 Å². The first-order valence-corrected chi connectivity index (χ1v) is 22.2. The summed E-state index contributed by atoms with van der Waals surface area (Å²) in [6.07, 6.45) is 14.8. The second-order valence-corrected chi connectivity index (χ2v) is 18.0. The van der Waals surface area contributed by atoms with Crippen molar-refractivity contribution in [1.29, 1.82) is 0 Å². The summed E-state index contributed by atoms with van der Waals surface area (Å²) in [6, 6.07) is 7.98. The molecule has 0 unspecified atom stereocenters. The Kier molecular flexibility index (Phi) is 11.0. The molecule has 1 saturated heterocycles. The van der Waals surface area contributed by atoms with Crippen molar-refractivity contribution in [3.05, 3.63) is 179 Å². The zero-order valence-electron chi connectivity index (χ0n) is 37.7. The number of anilines is 1. The molecule has 65 heavy (non-hydrogen) atoms. The number of nitrogens with zero attached hydrogens (tertiary/aromatic N) is 5. The molecule has 13 nitrogen and oxygen atoms in total. The summed E-state index contributed by atoms with van der Waals surface area (Å²) in [5.74, 6) is -0.628. The molecular formula is C52H52N6O7. The van der Waals surface area contributed by atoms with Gasteiger partial charge >= 0.3 is 5.97 Å². The number of ketones is 1. The van der Waals surface area contributed by atoms with Crippen LogP contribution in [0.2, 0.25) is 0 Å². The van der Waals surface area contributed by atoms with Gasteiger partial charge in [0.05, 0.1) is 52.3 Å². The SMILES string of the molecule is CCC1=C(C)C2=NC1=CC1=C(C)C3=C(O)CC(=C4NC(=CC5=NC(=C2)C(CO)=C5C)[C@@H](C)[C@@H]4CCC(=O)OCCN2/C(=C\C=C4\C=C([N+](=O)[O-])C=CC4=O)C(C)(C)c4ccccc42)C3=N1. The van der Waals surface area contributed by atoms with E-state index in [1.54, 1.807) is 6.08 Å². The highest BCUT2D eigenvalue weighted by Gasteiger charge is 2.42. The molecule has 6 aliphatic heterocycles. The van der Waals surface area contributed by atoms with Crippen molar-refractivity contribution in [1.82, 2.24) is 5.32 Å². The minimum Gasteiger partial charge on any atom is -0.511 e. The van der Waals surface area contributed by atoms with E-state index in [0.717, 1.165) is 102 Å². The van der Waals surface area contributed by atoms with Gasteiger partial charge in [-0.05, 0) is 104 Å². The van der Waals surface area contributed by atoms with Crippen molar-refractivity contribution in [2.45, 2.75) is 79.6 Å². The van der Waals surface area contributed by atoms with Gasteiger partial charge < -0.3 is 25.2 Å². The number of fused-ring (bicyclic) bond motifs is 6. The van der Waals surface area contributed by atoms with E-state index in [1.165, 1.54) is 18.2 Å². The number of allylic oxidation sites excluding steroid dienone is 18. The van der Waals surface area contributed by atoms with Crippen LogP contribution in [0.3, 0.4) is 0 Å². The number of carbonyl (C=O) groups excluding carboxylic acids is 2. The Hall–Kier alpha value is -6.99. The largest absolute Gasteiger partial charge is 0.511 e. The van der Waals surface area contributed by atoms with E-state index in [-0.39, 0.29) is 60.3 Å². The summed E-state index contributed by atoms with van der Waals surface area (Å²) in [6.45, 7) is 14.7. The Morgan fingerprint density at radius 2 is 1.72 bits per heavy atom. The molecule has 0 spiro atoms. The summed E-state index contributed by atoms with van der Waals surface area (Å²) in [7, 11) is 0. The molecule has 1 fully saturated rings. The molecule has 8 aliphatic rings. The average Bonchev–Trinajstić information content (AvgIpc) is 4.07. The molecule has 8 bridgehead atoms. The highest BCUT2D eigenvalue weighted by Crippen LogP contribution is 2.49. The molecule has 0 radical (unpaired) electrons. The summed E-state index contributed by atoms with van der Waals surface area (Å²) in [5, 5.41) is 37.2. The normalized spacial score (nSPS) is 24.2. The number of aliphatic hydroxyl groups is 2. The first-order chi connectivity index (χ1) is 31.1. The lowest BCUT2D eigenvalue weighted by Crippen LogP contribution is -2.29. The smallest absolute Gasteiger partial charge is 0.305 e. The number of esters is 1. The monoisotopic (exact) mass is 872 g/mol. The zero-order valence-corrected chi connectivity index (χ0v) is 37.7. The molecule has 1 aromatic carbocycles. The van der Waals surface area contributed by atoms with Crippen LogP contribution in [0, 0.1) is 22.0 Å². The van der Waals surface area contributed by atoms with Crippen molar-refractivity contribution in [3.8, 4) is 0 Å². The third kappa shape index (κ3) is 7.37. The highest BCUT2D eigenvalue weighted by molar-refractivity contribution is 6.21. The molecule has 13 heteroatoms. The topological polar surface area (TPSA) is 179 Å². The van der Waals surface area contributed by atoms with Gasteiger partial charge in [0.1, 0.15) is 12.4 Å². The predicted molar refractivity (Wildman–Crippen MR) is 252 cm³/mol. The van der Waals surface area contributed by atoms with Gasteiger partial charge in [0, 0.05) is 87.3 Å². The van der Waals surface area contributed by atoms with Crippen LogP contribution in [0.4, 0.5) is 5.69 Å². The van der Waals surface area contributed by atoms with Gasteiger partial charge in [-0.2, -0.15) is 0 Å². The third-order valence-electron chi connectivity index (χ3n) is 14.0. The first-order valence-electron chi connectivity index (χ1n) is 22.2. The van der Waals surface area contributed by atoms with E-state index in [1.807, 2.05) is 56.4 Å². The maximum Gasteiger partial charge on any atom is 0.305 e. The van der Waals surface area contributed by atoms with E-state index in [9.17, 15) is 29.9 Å². The number of nitrogens with one attached hydrogen (secondary N) is 1. The molecule has 9 rings (SSSR count). The number of hydrogen-bond donors (Lipinski definition) is 3. The Bertz CT molecular complexity index is 2910. The quantitative estimate of drug-likeness (QED) is 0.0896. The number of ether oxygens (including phenoxy) is 1. The Morgan fingerprint density at radius 3 is 2.46 bits per heavy atom. The van der Waals surface area contributed by atoms with E-state index >= 15 is 0 Å². The maximum absolute atomic E-state index is 13.7. The maximum atomic E-state index is 13.7. The summed E-state index contributed by atoms with van der Waals surface area (Å²) >= 11 is 0. The molecule has 6 heterocycles. The van der Waals surface area contributed by atoms with E-state index in [0.29, 0.717) is 25.1 Å².